The van der Waals surface area contributed by atoms with Gasteiger partial charge in [-0.2, -0.15) is 0 Å². The summed E-state index contributed by atoms with van der Waals surface area (Å²) < 4.78 is 0. The van der Waals surface area contributed by atoms with E-state index in [1.54, 1.807) is 0 Å². The van der Waals surface area contributed by atoms with E-state index >= 15 is 0 Å². The molecule has 1 aliphatic rings. The normalized spacial score (nSPS) is 16.2. The third kappa shape index (κ3) is 6.08. The smallest absolute Gasteiger partial charge is 0.326 e. The standard InChI is InChI=1S/C12H20N2O5/c15-10(16)5-4-9(11(17)18)14-12(19)13-7-6-8-2-1-3-8/h8-9H,1-7H2,(H,15,16)(H,17,18)(H2,13,14,19)/t9-/m0/s1. The molecule has 7 nitrogen and oxygen atoms in total. The Morgan fingerprint density at radius 1 is 1.21 bits per heavy atom. The van der Waals surface area contributed by atoms with Gasteiger partial charge in [0.15, 0.2) is 0 Å². The number of amides is 2. The molecule has 19 heavy (non-hydrogen) atoms. The molecule has 1 fully saturated rings. The van der Waals surface area contributed by atoms with Crippen LogP contribution in [-0.2, 0) is 9.59 Å². The average molecular weight is 272 g/mol. The Balaban J connectivity index is 2.21. The lowest BCUT2D eigenvalue weighted by Gasteiger charge is -2.25. The third-order valence-corrected chi connectivity index (χ3v) is 3.31. The van der Waals surface area contributed by atoms with E-state index in [9.17, 15) is 14.4 Å². The zero-order valence-electron chi connectivity index (χ0n) is 10.7. The summed E-state index contributed by atoms with van der Waals surface area (Å²) >= 11 is 0. The van der Waals surface area contributed by atoms with Gasteiger partial charge < -0.3 is 20.8 Å². The molecule has 4 N–H and O–H groups in total. The molecule has 0 aromatic carbocycles. The number of carboxylic acids is 2. The van der Waals surface area contributed by atoms with Crippen molar-refractivity contribution in [1.82, 2.24) is 10.6 Å². The highest BCUT2D eigenvalue weighted by Crippen LogP contribution is 2.28. The van der Waals surface area contributed by atoms with Crippen LogP contribution in [0, 0.1) is 5.92 Å². The molecule has 1 atom stereocenters. The third-order valence-electron chi connectivity index (χ3n) is 3.31. The van der Waals surface area contributed by atoms with E-state index in [4.69, 9.17) is 10.2 Å². The van der Waals surface area contributed by atoms with E-state index in [1.807, 2.05) is 0 Å². The molecule has 0 saturated heterocycles. The number of carboxylic acid groups (broad SMARTS) is 2. The molecule has 0 aliphatic heterocycles. The molecule has 0 radical (unpaired) electrons. The first-order valence-electron chi connectivity index (χ1n) is 6.48. The van der Waals surface area contributed by atoms with Crippen LogP contribution in [0.1, 0.15) is 38.5 Å². The first-order chi connectivity index (χ1) is 8.99. The van der Waals surface area contributed by atoms with Crippen molar-refractivity contribution in [3.63, 3.8) is 0 Å². The quantitative estimate of drug-likeness (QED) is 0.521. The first kappa shape index (κ1) is 15.3. The van der Waals surface area contributed by atoms with Crippen molar-refractivity contribution in [2.75, 3.05) is 6.54 Å². The molecule has 7 heteroatoms. The van der Waals surface area contributed by atoms with Gasteiger partial charge in [0.25, 0.3) is 0 Å². The number of nitrogens with one attached hydrogen (secondary N) is 2. The maximum absolute atomic E-state index is 11.5. The number of urea groups is 1. The second-order valence-corrected chi connectivity index (χ2v) is 4.81. The fourth-order valence-corrected chi connectivity index (χ4v) is 1.91. The van der Waals surface area contributed by atoms with E-state index in [0.29, 0.717) is 12.5 Å². The minimum absolute atomic E-state index is 0.124. The van der Waals surface area contributed by atoms with E-state index in [2.05, 4.69) is 10.6 Å². The van der Waals surface area contributed by atoms with Crippen LogP contribution < -0.4 is 10.6 Å². The van der Waals surface area contributed by atoms with Crippen molar-refractivity contribution < 1.29 is 24.6 Å². The number of carbonyl (C=O) groups is 3. The van der Waals surface area contributed by atoms with Gasteiger partial charge in [0.05, 0.1) is 0 Å². The van der Waals surface area contributed by atoms with Crippen LogP contribution in [0.4, 0.5) is 4.79 Å². The van der Waals surface area contributed by atoms with Crippen LogP contribution in [-0.4, -0.2) is 40.8 Å². The Bertz CT molecular complexity index is 341. The van der Waals surface area contributed by atoms with Crippen molar-refractivity contribution in [3.8, 4) is 0 Å². The predicted octanol–water partition coefficient (Wildman–Crippen LogP) is 0.794. The number of rotatable bonds is 8. The van der Waals surface area contributed by atoms with Gasteiger partial charge in [-0.05, 0) is 18.8 Å². The highest BCUT2D eigenvalue weighted by molar-refractivity contribution is 5.82. The van der Waals surface area contributed by atoms with E-state index in [1.165, 1.54) is 19.3 Å². The molecule has 0 spiro atoms. The second-order valence-electron chi connectivity index (χ2n) is 4.81. The number of aliphatic carboxylic acids is 2. The topological polar surface area (TPSA) is 116 Å². The molecule has 0 heterocycles. The fourth-order valence-electron chi connectivity index (χ4n) is 1.91. The Morgan fingerprint density at radius 2 is 1.89 bits per heavy atom. The molecule has 0 unspecified atom stereocenters. The van der Waals surface area contributed by atoms with Gasteiger partial charge in [-0.15, -0.1) is 0 Å². The Labute approximate surface area is 111 Å². The number of hydrogen-bond donors (Lipinski definition) is 4. The molecule has 0 bridgehead atoms. The van der Waals surface area contributed by atoms with Crippen molar-refractivity contribution in [3.05, 3.63) is 0 Å². The van der Waals surface area contributed by atoms with Crippen molar-refractivity contribution in [2.45, 2.75) is 44.6 Å². The highest BCUT2D eigenvalue weighted by atomic mass is 16.4. The van der Waals surface area contributed by atoms with Crippen LogP contribution >= 0.6 is 0 Å². The molecule has 1 aliphatic carbocycles. The number of carbonyl (C=O) groups excluding carboxylic acids is 1. The van der Waals surface area contributed by atoms with Gasteiger partial charge in [0.2, 0.25) is 0 Å². The monoisotopic (exact) mass is 272 g/mol. The molecular weight excluding hydrogens is 252 g/mol. The lowest BCUT2D eigenvalue weighted by molar-refractivity contribution is -0.140. The SMILES string of the molecule is O=C(O)CC[C@H](NC(=O)NCCC1CCC1)C(=O)O. The molecule has 1 rings (SSSR count). The Kier molecular flexibility index (Phi) is 6.11. The van der Waals surface area contributed by atoms with Crippen LogP contribution in [0.5, 0.6) is 0 Å². The average Bonchev–Trinajstić information content (AvgIpc) is 2.27. The van der Waals surface area contributed by atoms with Gasteiger partial charge in [-0.1, -0.05) is 19.3 Å². The minimum atomic E-state index is -1.23. The second kappa shape index (κ2) is 7.60. The van der Waals surface area contributed by atoms with Gasteiger partial charge >= 0.3 is 18.0 Å². The van der Waals surface area contributed by atoms with E-state index < -0.39 is 24.0 Å². The predicted molar refractivity (Wildman–Crippen MR) is 66.8 cm³/mol. The summed E-state index contributed by atoms with van der Waals surface area (Å²) in [5.74, 6) is -1.64. The van der Waals surface area contributed by atoms with Crippen molar-refractivity contribution in [1.29, 1.82) is 0 Å². The van der Waals surface area contributed by atoms with E-state index in [-0.39, 0.29) is 12.8 Å². The molecule has 0 aromatic rings. The summed E-state index contributed by atoms with van der Waals surface area (Å²) in [4.78, 5) is 32.7. The van der Waals surface area contributed by atoms with Gasteiger partial charge in [-0.3, -0.25) is 4.79 Å². The zero-order chi connectivity index (χ0) is 14.3. The summed E-state index contributed by atoms with van der Waals surface area (Å²) in [6.07, 6.45) is 4.12. The van der Waals surface area contributed by atoms with Crippen LogP contribution in [0.25, 0.3) is 0 Å². The maximum atomic E-state index is 11.5. The summed E-state index contributed by atoms with van der Waals surface area (Å²) in [5.41, 5.74) is 0. The lowest BCUT2D eigenvalue weighted by atomic mass is 9.83. The fraction of sp³-hybridized carbons (Fsp3) is 0.750. The summed E-state index contributed by atoms with van der Waals surface area (Å²) in [7, 11) is 0. The van der Waals surface area contributed by atoms with Crippen LogP contribution in [0.2, 0.25) is 0 Å². The van der Waals surface area contributed by atoms with E-state index in [0.717, 1.165) is 6.42 Å². The van der Waals surface area contributed by atoms with Crippen LogP contribution in [0.3, 0.4) is 0 Å². The molecule has 2 amide bonds. The zero-order valence-corrected chi connectivity index (χ0v) is 10.7. The molecular formula is C12H20N2O5. The summed E-state index contributed by atoms with van der Waals surface area (Å²) in [5, 5.41) is 22.2. The highest BCUT2D eigenvalue weighted by Gasteiger charge is 2.21. The van der Waals surface area contributed by atoms with Gasteiger partial charge in [0.1, 0.15) is 6.04 Å². The van der Waals surface area contributed by atoms with Gasteiger partial charge in [-0.25, -0.2) is 9.59 Å². The maximum Gasteiger partial charge on any atom is 0.326 e. The van der Waals surface area contributed by atoms with Gasteiger partial charge in [0, 0.05) is 13.0 Å². The Morgan fingerprint density at radius 3 is 2.37 bits per heavy atom. The largest absolute Gasteiger partial charge is 0.481 e. The summed E-state index contributed by atoms with van der Waals surface area (Å²) in [6, 6.07) is -1.73. The Hall–Kier alpha value is -1.79. The first-order valence-corrected chi connectivity index (χ1v) is 6.48. The molecule has 0 aromatic heterocycles. The van der Waals surface area contributed by atoms with Crippen molar-refractivity contribution >= 4 is 18.0 Å². The molecule has 1 saturated carbocycles. The molecule has 108 valence electrons. The minimum Gasteiger partial charge on any atom is -0.481 e. The van der Waals surface area contributed by atoms with Crippen molar-refractivity contribution in [2.24, 2.45) is 5.92 Å². The summed E-state index contributed by atoms with van der Waals surface area (Å²) in [6.45, 7) is 0.516. The number of hydrogen-bond acceptors (Lipinski definition) is 3. The van der Waals surface area contributed by atoms with Crippen LogP contribution in [0.15, 0.2) is 0 Å². The lowest BCUT2D eigenvalue weighted by Crippen LogP contribution is -2.46.